The molecule has 1 rings (SSSR count). The van der Waals surface area contributed by atoms with Gasteiger partial charge in [0.1, 0.15) is 0 Å². The third kappa shape index (κ3) is 4.24. The van der Waals surface area contributed by atoms with Crippen molar-refractivity contribution >= 4 is 15.9 Å². The highest BCUT2D eigenvalue weighted by Crippen LogP contribution is 2.20. The zero-order valence-corrected chi connectivity index (χ0v) is 11.8. The van der Waals surface area contributed by atoms with Crippen molar-refractivity contribution in [2.45, 2.75) is 20.4 Å². The smallest absolute Gasteiger partial charge is 0.0494 e. The predicted octanol–water partition coefficient (Wildman–Crippen LogP) is 2.90. The first-order valence-corrected chi connectivity index (χ1v) is 6.27. The van der Waals surface area contributed by atoms with Crippen LogP contribution in [0.4, 0.5) is 0 Å². The Morgan fingerprint density at radius 1 is 1.31 bits per heavy atom. The fourth-order valence-corrected chi connectivity index (χ4v) is 2.16. The SMILES string of the molecule is CN(Cc1ccccc1Br)CC(C)(C)CO. The number of aliphatic hydroxyl groups excluding tert-OH is 1. The molecule has 1 aromatic rings. The van der Waals surface area contributed by atoms with E-state index in [9.17, 15) is 5.11 Å². The van der Waals surface area contributed by atoms with Crippen molar-refractivity contribution in [1.82, 2.24) is 4.90 Å². The molecule has 0 saturated carbocycles. The van der Waals surface area contributed by atoms with Crippen LogP contribution in [0.5, 0.6) is 0 Å². The summed E-state index contributed by atoms with van der Waals surface area (Å²) in [6, 6.07) is 8.24. The number of aliphatic hydroxyl groups is 1. The summed E-state index contributed by atoms with van der Waals surface area (Å²) in [5, 5.41) is 9.23. The van der Waals surface area contributed by atoms with Crippen molar-refractivity contribution in [2.75, 3.05) is 20.2 Å². The van der Waals surface area contributed by atoms with Gasteiger partial charge < -0.3 is 10.0 Å². The second kappa shape index (κ2) is 5.80. The molecule has 16 heavy (non-hydrogen) atoms. The molecule has 0 atom stereocenters. The zero-order chi connectivity index (χ0) is 12.2. The van der Waals surface area contributed by atoms with Gasteiger partial charge in [0.15, 0.2) is 0 Å². The summed E-state index contributed by atoms with van der Waals surface area (Å²) in [5.74, 6) is 0. The van der Waals surface area contributed by atoms with Crippen molar-refractivity contribution in [1.29, 1.82) is 0 Å². The largest absolute Gasteiger partial charge is 0.396 e. The Hall–Kier alpha value is -0.380. The van der Waals surface area contributed by atoms with Crippen LogP contribution in [0.25, 0.3) is 0 Å². The lowest BCUT2D eigenvalue weighted by Crippen LogP contribution is -2.33. The number of rotatable bonds is 5. The third-order valence-electron chi connectivity index (χ3n) is 2.52. The molecule has 0 spiro atoms. The summed E-state index contributed by atoms with van der Waals surface area (Å²) in [7, 11) is 2.08. The minimum atomic E-state index is -0.0456. The first-order valence-electron chi connectivity index (χ1n) is 5.47. The van der Waals surface area contributed by atoms with Crippen LogP contribution in [-0.2, 0) is 6.54 Å². The van der Waals surface area contributed by atoms with E-state index in [0.29, 0.717) is 0 Å². The van der Waals surface area contributed by atoms with E-state index in [2.05, 4.69) is 53.9 Å². The molecule has 0 bridgehead atoms. The summed E-state index contributed by atoms with van der Waals surface area (Å²) < 4.78 is 1.14. The Kier molecular flexibility index (Phi) is 4.96. The Morgan fingerprint density at radius 2 is 1.94 bits per heavy atom. The van der Waals surface area contributed by atoms with Crippen molar-refractivity contribution in [3.05, 3.63) is 34.3 Å². The summed E-state index contributed by atoms with van der Waals surface area (Å²) in [6.07, 6.45) is 0. The Labute approximate surface area is 106 Å². The van der Waals surface area contributed by atoms with Gasteiger partial charge in [-0.1, -0.05) is 48.0 Å². The molecular formula is C13H20BrNO. The van der Waals surface area contributed by atoms with E-state index in [1.807, 2.05) is 12.1 Å². The molecule has 90 valence electrons. The first-order chi connectivity index (χ1) is 7.44. The maximum atomic E-state index is 9.23. The van der Waals surface area contributed by atoms with E-state index in [4.69, 9.17) is 0 Å². The molecule has 1 N–H and O–H groups in total. The summed E-state index contributed by atoms with van der Waals surface area (Å²) in [6.45, 7) is 6.13. The molecule has 0 aliphatic carbocycles. The highest BCUT2D eigenvalue weighted by Gasteiger charge is 2.19. The van der Waals surface area contributed by atoms with Gasteiger partial charge in [0.2, 0.25) is 0 Å². The third-order valence-corrected chi connectivity index (χ3v) is 3.30. The zero-order valence-electron chi connectivity index (χ0n) is 10.2. The number of nitrogens with zero attached hydrogens (tertiary/aromatic N) is 1. The minimum absolute atomic E-state index is 0.0456. The van der Waals surface area contributed by atoms with Crippen LogP contribution in [-0.4, -0.2) is 30.2 Å². The van der Waals surface area contributed by atoms with Crippen molar-refractivity contribution in [3.8, 4) is 0 Å². The Morgan fingerprint density at radius 3 is 2.50 bits per heavy atom. The van der Waals surface area contributed by atoms with Crippen LogP contribution >= 0.6 is 15.9 Å². The van der Waals surface area contributed by atoms with Gasteiger partial charge in [-0.05, 0) is 18.7 Å². The monoisotopic (exact) mass is 285 g/mol. The lowest BCUT2D eigenvalue weighted by molar-refractivity contribution is 0.112. The molecule has 0 unspecified atom stereocenters. The van der Waals surface area contributed by atoms with E-state index >= 15 is 0 Å². The van der Waals surface area contributed by atoms with E-state index in [-0.39, 0.29) is 12.0 Å². The normalized spacial score (nSPS) is 12.1. The van der Waals surface area contributed by atoms with Gasteiger partial charge in [0.25, 0.3) is 0 Å². The van der Waals surface area contributed by atoms with Crippen LogP contribution < -0.4 is 0 Å². The fraction of sp³-hybridized carbons (Fsp3) is 0.538. The Bertz CT molecular complexity index is 338. The van der Waals surface area contributed by atoms with E-state index in [1.54, 1.807) is 0 Å². The number of halogens is 1. The standard InChI is InChI=1S/C13H20BrNO/c1-13(2,10-16)9-15(3)8-11-6-4-5-7-12(11)14/h4-7,16H,8-10H2,1-3H3. The number of hydrogen-bond donors (Lipinski definition) is 1. The minimum Gasteiger partial charge on any atom is -0.396 e. The Balaban J connectivity index is 2.58. The van der Waals surface area contributed by atoms with E-state index in [1.165, 1.54) is 5.56 Å². The second-order valence-corrected chi connectivity index (χ2v) is 5.94. The maximum absolute atomic E-state index is 9.23. The van der Waals surface area contributed by atoms with Crippen molar-refractivity contribution < 1.29 is 5.11 Å². The average molecular weight is 286 g/mol. The van der Waals surface area contributed by atoms with E-state index in [0.717, 1.165) is 17.6 Å². The second-order valence-electron chi connectivity index (χ2n) is 5.09. The summed E-state index contributed by atoms with van der Waals surface area (Å²) in [4.78, 5) is 2.23. The van der Waals surface area contributed by atoms with Gasteiger partial charge in [-0.15, -0.1) is 0 Å². The van der Waals surface area contributed by atoms with Crippen LogP contribution in [0, 0.1) is 5.41 Å². The van der Waals surface area contributed by atoms with Gasteiger partial charge in [-0.3, -0.25) is 0 Å². The van der Waals surface area contributed by atoms with Crippen LogP contribution in [0.15, 0.2) is 28.7 Å². The van der Waals surface area contributed by atoms with Gasteiger partial charge in [-0.2, -0.15) is 0 Å². The summed E-state index contributed by atoms with van der Waals surface area (Å²) in [5.41, 5.74) is 1.23. The molecule has 0 amide bonds. The number of benzene rings is 1. The van der Waals surface area contributed by atoms with Crippen molar-refractivity contribution in [2.24, 2.45) is 5.41 Å². The number of hydrogen-bond acceptors (Lipinski definition) is 2. The molecule has 2 nitrogen and oxygen atoms in total. The quantitative estimate of drug-likeness (QED) is 0.899. The molecule has 0 fully saturated rings. The topological polar surface area (TPSA) is 23.5 Å². The van der Waals surface area contributed by atoms with Crippen molar-refractivity contribution in [3.63, 3.8) is 0 Å². The molecule has 0 heterocycles. The van der Waals surface area contributed by atoms with Gasteiger partial charge in [-0.25, -0.2) is 0 Å². The van der Waals surface area contributed by atoms with Gasteiger partial charge in [0, 0.05) is 29.6 Å². The molecular weight excluding hydrogens is 266 g/mol. The first kappa shape index (κ1) is 13.7. The molecule has 0 aliphatic rings. The average Bonchev–Trinajstić information content (AvgIpc) is 2.21. The highest BCUT2D eigenvalue weighted by molar-refractivity contribution is 9.10. The van der Waals surface area contributed by atoms with Gasteiger partial charge in [0.05, 0.1) is 0 Å². The molecule has 0 radical (unpaired) electrons. The lowest BCUT2D eigenvalue weighted by Gasteiger charge is -2.28. The molecule has 0 saturated heterocycles. The van der Waals surface area contributed by atoms with Gasteiger partial charge >= 0.3 is 0 Å². The van der Waals surface area contributed by atoms with Crippen LogP contribution in [0.2, 0.25) is 0 Å². The van der Waals surface area contributed by atoms with Crippen LogP contribution in [0.1, 0.15) is 19.4 Å². The molecule has 0 aromatic heterocycles. The predicted molar refractivity (Wildman–Crippen MR) is 71.3 cm³/mol. The van der Waals surface area contributed by atoms with E-state index < -0.39 is 0 Å². The summed E-state index contributed by atoms with van der Waals surface area (Å²) >= 11 is 3.55. The van der Waals surface area contributed by atoms with Crippen LogP contribution in [0.3, 0.4) is 0 Å². The molecule has 0 aliphatic heterocycles. The lowest BCUT2D eigenvalue weighted by atomic mass is 9.94. The maximum Gasteiger partial charge on any atom is 0.0494 e. The highest BCUT2D eigenvalue weighted by atomic mass is 79.9. The molecule has 1 aromatic carbocycles. The molecule has 3 heteroatoms. The fourth-order valence-electron chi connectivity index (χ4n) is 1.75.